The van der Waals surface area contributed by atoms with Gasteiger partial charge in [0.2, 0.25) is 0 Å². The average molecular weight is 302 g/mol. The smallest absolute Gasteiger partial charge is 0.134 e. The van der Waals surface area contributed by atoms with E-state index in [4.69, 9.17) is 11.6 Å². The lowest BCUT2D eigenvalue weighted by molar-refractivity contribution is 0.630. The number of benzene rings is 1. The summed E-state index contributed by atoms with van der Waals surface area (Å²) in [6.45, 7) is 1.75. The SMILES string of the molecule is Cc1nc(Br)cc(-c2ccc(Cl)cc2F)n1. The molecule has 2 rings (SSSR count). The molecule has 1 aromatic heterocycles. The van der Waals surface area contributed by atoms with Crippen molar-refractivity contribution in [2.75, 3.05) is 0 Å². The summed E-state index contributed by atoms with van der Waals surface area (Å²) in [6.07, 6.45) is 0. The zero-order valence-electron chi connectivity index (χ0n) is 8.34. The highest BCUT2D eigenvalue weighted by atomic mass is 79.9. The maximum atomic E-state index is 13.6. The van der Waals surface area contributed by atoms with Gasteiger partial charge >= 0.3 is 0 Å². The van der Waals surface area contributed by atoms with Gasteiger partial charge < -0.3 is 0 Å². The topological polar surface area (TPSA) is 25.8 Å². The molecule has 2 nitrogen and oxygen atoms in total. The quantitative estimate of drug-likeness (QED) is 0.744. The van der Waals surface area contributed by atoms with Crippen LogP contribution in [0.2, 0.25) is 5.02 Å². The summed E-state index contributed by atoms with van der Waals surface area (Å²) in [5.74, 6) is 0.191. The Labute approximate surface area is 106 Å². The van der Waals surface area contributed by atoms with Gasteiger partial charge in [-0.1, -0.05) is 11.6 Å². The molecule has 0 unspecified atom stereocenters. The van der Waals surface area contributed by atoms with Crippen LogP contribution in [0.25, 0.3) is 11.3 Å². The van der Waals surface area contributed by atoms with E-state index in [1.165, 1.54) is 6.07 Å². The predicted molar refractivity (Wildman–Crippen MR) is 64.9 cm³/mol. The molecule has 0 bridgehead atoms. The summed E-state index contributed by atoms with van der Waals surface area (Å²) in [5, 5.41) is 0.367. The molecule has 0 saturated carbocycles. The first-order valence-electron chi connectivity index (χ1n) is 4.53. The summed E-state index contributed by atoms with van der Waals surface area (Å²) in [6, 6.07) is 6.17. The lowest BCUT2D eigenvalue weighted by Gasteiger charge is -2.04. The van der Waals surface area contributed by atoms with E-state index in [0.717, 1.165) is 0 Å². The molecule has 1 aromatic carbocycles. The molecule has 1 heterocycles. The van der Waals surface area contributed by atoms with Crippen LogP contribution in [0.3, 0.4) is 0 Å². The summed E-state index contributed by atoms with van der Waals surface area (Å²) < 4.78 is 14.3. The van der Waals surface area contributed by atoms with Gasteiger partial charge in [-0.15, -0.1) is 0 Å². The van der Waals surface area contributed by atoms with Gasteiger partial charge in [0.15, 0.2) is 0 Å². The number of rotatable bonds is 1. The van der Waals surface area contributed by atoms with Crippen molar-refractivity contribution in [2.24, 2.45) is 0 Å². The molecular formula is C11H7BrClFN2. The van der Waals surface area contributed by atoms with Gasteiger partial charge in [0, 0.05) is 10.6 Å². The molecule has 5 heteroatoms. The minimum Gasteiger partial charge on any atom is -0.233 e. The van der Waals surface area contributed by atoms with Gasteiger partial charge in [0.25, 0.3) is 0 Å². The minimum atomic E-state index is -0.391. The second kappa shape index (κ2) is 4.47. The summed E-state index contributed by atoms with van der Waals surface area (Å²) in [4.78, 5) is 8.23. The van der Waals surface area contributed by atoms with Crippen LogP contribution in [-0.2, 0) is 0 Å². The number of aromatic nitrogens is 2. The molecular weight excluding hydrogens is 294 g/mol. The standard InChI is InChI=1S/C11H7BrClFN2/c1-6-15-10(5-11(12)16-6)8-3-2-7(13)4-9(8)14/h2-5H,1H3. The maximum absolute atomic E-state index is 13.6. The summed E-state index contributed by atoms with van der Waals surface area (Å²) in [5.41, 5.74) is 0.948. The highest BCUT2D eigenvalue weighted by molar-refractivity contribution is 9.10. The van der Waals surface area contributed by atoms with Crippen molar-refractivity contribution in [3.8, 4) is 11.3 Å². The Bertz CT molecular complexity index is 525. The molecule has 0 amide bonds. The minimum absolute atomic E-state index is 0.367. The van der Waals surface area contributed by atoms with E-state index in [0.29, 0.717) is 26.7 Å². The molecule has 82 valence electrons. The molecule has 16 heavy (non-hydrogen) atoms. The number of hydrogen-bond donors (Lipinski definition) is 0. The molecule has 0 aliphatic rings. The monoisotopic (exact) mass is 300 g/mol. The van der Waals surface area contributed by atoms with Gasteiger partial charge in [-0.05, 0) is 47.1 Å². The fourth-order valence-corrected chi connectivity index (χ4v) is 2.00. The highest BCUT2D eigenvalue weighted by Crippen LogP contribution is 2.25. The van der Waals surface area contributed by atoms with Crippen LogP contribution in [0.15, 0.2) is 28.9 Å². The number of aryl methyl sites for hydroxylation is 1. The van der Waals surface area contributed by atoms with Crippen molar-refractivity contribution >= 4 is 27.5 Å². The number of nitrogens with zero attached hydrogens (tertiary/aromatic N) is 2. The Morgan fingerprint density at radius 2 is 2.00 bits per heavy atom. The van der Waals surface area contributed by atoms with Gasteiger partial charge in [-0.2, -0.15) is 0 Å². The van der Waals surface area contributed by atoms with E-state index in [-0.39, 0.29) is 0 Å². The lowest BCUT2D eigenvalue weighted by atomic mass is 10.1. The van der Waals surface area contributed by atoms with E-state index in [1.54, 1.807) is 25.1 Å². The fourth-order valence-electron chi connectivity index (χ4n) is 1.37. The molecule has 0 spiro atoms. The lowest BCUT2D eigenvalue weighted by Crippen LogP contribution is -1.93. The molecule has 2 aromatic rings. The van der Waals surface area contributed by atoms with Gasteiger partial charge in [-0.3, -0.25) is 0 Å². The predicted octanol–water partition coefficient (Wildman–Crippen LogP) is 4.01. The molecule has 0 radical (unpaired) electrons. The molecule has 0 saturated heterocycles. The van der Waals surface area contributed by atoms with Crippen LogP contribution < -0.4 is 0 Å². The van der Waals surface area contributed by atoms with E-state index in [1.807, 2.05) is 0 Å². The van der Waals surface area contributed by atoms with E-state index in [9.17, 15) is 4.39 Å². The Balaban J connectivity index is 2.58. The molecule has 0 aliphatic heterocycles. The van der Waals surface area contributed by atoms with Crippen molar-refractivity contribution in [1.82, 2.24) is 9.97 Å². The van der Waals surface area contributed by atoms with E-state index >= 15 is 0 Å². The zero-order valence-corrected chi connectivity index (χ0v) is 10.7. The van der Waals surface area contributed by atoms with Crippen molar-refractivity contribution in [3.63, 3.8) is 0 Å². The van der Waals surface area contributed by atoms with Crippen LogP contribution in [0, 0.1) is 12.7 Å². The highest BCUT2D eigenvalue weighted by Gasteiger charge is 2.08. The van der Waals surface area contributed by atoms with Crippen LogP contribution in [0.4, 0.5) is 4.39 Å². The summed E-state index contributed by atoms with van der Waals surface area (Å²) in [7, 11) is 0. The molecule has 0 atom stereocenters. The van der Waals surface area contributed by atoms with Crippen molar-refractivity contribution in [3.05, 3.63) is 45.5 Å². The van der Waals surface area contributed by atoms with Crippen molar-refractivity contribution in [1.29, 1.82) is 0 Å². The second-order valence-corrected chi connectivity index (χ2v) is 4.50. The van der Waals surface area contributed by atoms with Crippen LogP contribution in [-0.4, -0.2) is 9.97 Å². The largest absolute Gasteiger partial charge is 0.233 e. The Morgan fingerprint density at radius 1 is 1.25 bits per heavy atom. The normalized spacial score (nSPS) is 10.5. The first-order chi connectivity index (χ1) is 7.56. The zero-order chi connectivity index (χ0) is 11.7. The number of hydrogen-bond acceptors (Lipinski definition) is 2. The summed E-state index contributed by atoms with van der Waals surface area (Å²) >= 11 is 8.93. The van der Waals surface area contributed by atoms with Crippen LogP contribution in [0.5, 0.6) is 0 Å². The van der Waals surface area contributed by atoms with Gasteiger partial charge in [0.05, 0.1) is 5.69 Å². The third-order valence-electron chi connectivity index (χ3n) is 2.01. The van der Waals surface area contributed by atoms with Gasteiger partial charge in [-0.25, -0.2) is 14.4 Å². The first-order valence-corrected chi connectivity index (χ1v) is 5.70. The average Bonchev–Trinajstić information content (AvgIpc) is 2.15. The van der Waals surface area contributed by atoms with E-state index in [2.05, 4.69) is 25.9 Å². The van der Waals surface area contributed by atoms with Crippen LogP contribution in [0.1, 0.15) is 5.82 Å². The van der Waals surface area contributed by atoms with Gasteiger partial charge in [0.1, 0.15) is 16.2 Å². The molecule has 0 aliphatic carbocycles. The third kappa shape index (κ3) is 2.39. The second-order valence-electron chi connectivity index (χ2n) is 3.25. The maximum Gasteiger partial charge on any atom is 0.134 e. The Kier molecular flexibility index (Phi) is 3.21. The Morgan fingerprint density at radius 3 is 2.62 bits per heavy atom. The van der Waals surface area contributed by atoms with E-state index < -0.39 is 5.82 Å². The van der Waals surface area contributed by atoms with Crippen molar-refractivity contribution in [2.45, 2.75) is 6.92 Å². The number of halogens is 3. The van der Waals surface area contributed by atoms with Crippen molar-refractivity contribution < 1.29 is 4.39 Å². The first kappa shape index (κ1) is 11.5. The third-order valence-corrected chi connectivity index (χ3v) is 2.66. The fraction of sp³-hybridized carbons (Fsp3) is 0.0909. The Hall–Kier alpha value is -1.00. The van der Waals surface area contributed by atoms with Crippen LogP contribution >= 0.6 is 27.5 Å². The molecule has 0 N–H and O–H groups in total. The molecule has 0 fully saturated rings.